The zero-order valence-corrected chi connectivity index (χ0v) is 12.1. The molecule has 2 bridgehead atoms. The van der Waals surface area contributed by atoms with Crippen LogP contribution in [-0.2, 0) is 0 Å². The lowest BCUT2D eigenvalue weighted by Crippen LogP contribution is -2.52. The third-order valence-electron chi connectivity index (χ3n) is 4.80. The molecule has 1 amide bonds. The van der Waals surface area contributed by atoms with Crippen molar-refractivity contribution < 1.29 is 4.79 Å². The summed E-state index contributed by atoms with van der Waals surface area (Å²) in [7, 11) is 0. The summed E-state index contributed by atoms with van der Waals surface area (Å²) in [4.78, 5) is 15.0. The average molecular weight is 280 g/mol. The summed E-state index contributed by atoms with van der Waals surface area (Å²) < 4.78 is 0. The molecule has 3 heteroatoms. The van der Waals surface area contributed by atoms with Crippen molar-refractivity contribution in [2.45, 2.75) is 6.42 Å². The van der Waals surface area contributed by atoms with Crippen molar-refractivity contribution in [2.75, 3.05) is 26.2 Å². The van der Waals surface area contributed by atoms with Gasteiger partial charge < -0.3 is 10.2 Å². The number of amides is 1. The lowest BCUT2D eigenvalue weighted by Gasteiger charge is -2.41. The highest BCUT2D eigenvalue weighted by atomic mass is 16.2. The molecule has 0 aromatic heterocycles. The number of nitrogens with one attached hydrogen (secondary N) is 1. The zero-order valence-electron chi connectivity index (χ0n) is 12.1. The minimum Gasteiger partial charge on any atom is -0.338 e. The van der Waals surface area contributed by atoms with Gasteiger partial charge in [-0.1, -0.05) is 36.4 Å². The Bertz CT molecular complexity index is 664. The molecule has 0 unspecified atom stereocenters. The minimum absolute atomic E-state index is 0.198. The summed E-state index contributed by atoms with van der Waals surface area (Å²) in [5, 5.41) is 5.69. The number of hydrogen-bond acceptors (Lipinski definition) is 2. The SMILES string of the molecule is O=C(c1cccc2ccccc12)N1C[C@@H]2CNC[C@@H](C2)C1. The Labute approximate surface area is 124 Å². The molecule has 0 aliphatic carbocycles. The predicted octanol–water partition coefficient (Wildman–Crippen LogP) is 2.52. The minimum atomic E-state index is 0.198. The Morgan fingerprint density at radius 3 is 2.52 bits per heavy atom. The van der Waals surface area contributed by atoms with Gasteiger partial charge in [-0.15, -0.1) is 0 Å². The Hall–Kier alpha value is -1.87. The summed E-state index contributed by atoms with van der Waals surface area (Å²) in [6.45, 7) is 3.89. The summed E-state index contributed by atoms with van der Waals surface area (Å²) in [5.74, 6) is 1.44. The molecular weight excluding hydrogens is 260 g/mol. The molecule has 0 spiro atoms. The first kappa shape index (κ1) is 12.8. The fourth-order valence-corrected chi connectivity index (χ4v) is 3.85. The third kappa shape index (κ3) is 2.32. The van der Waals surface area contributed by atoms with Crippen LogP contribution in [0, 0.1) is 11.8 Å². The maximum Gasteiger partial charge on any atom is 0.254 e. The number of rotatable bonds is 1. The maximum atomic E-state index is 13.0. The van der Waals surface area contributed by atoms with E-state index in [-0.39, 0.29) is 5.91 Å². The number of benzene rings is 2. The molecule has 2 aromatic carbocycles. The van der Waals surface area contributed by atoms with Crippen LogP contribution in [0.5, 0.6) is 0 Å². The van der Waals surface area contributed by atoms with Crippen LogP contribution in [0.2, 0.25) is 0 Å². The molecule has 21 heavy (non-hydrogen) atoms. The molecule has 0 radical (unpaired) electrons. The van der Waals surface area contributed by atoms with Gasteiger partial charge in [0.2, 0.25) is 0 Å². The number of likely N-dealkylation sites (tertiary alicyclic amines) is 1. The van der Waals surface area contributed by atoms with Gasteiger partial charge in [-0.3, -0.25) is 4.79 Å². The highest BCUT2D eigenvalue weighted by Gasteiger charge is 2.33. The first-order valence-corrected chi connectivity index (χ1v) is 7.79. The second kappa shape index (κ2) is 5.15. The van der Waals surface area contributed by atoms with E-state index in [2.05, 4.69) is 28.4 Å². The van der Waals surface area contributed by atoms with Gasteiger partial charge in [0, 0.05) is 18.7 Å². The van der Waals surface area contributed by atoms with Gasteiger partial charge in [-0.2, -0.15) is 0 Å². The van der Waals surface area contributed by atoms with E-state index in [1.165, 1.54) is 6.42 Å². The summed E-state index contributed by atoms with van der Waals surface area (Å²) in [6, 6.07) is 14.2. The molecule has 2 aliphatic heterocycles. The van der Waals surface area contributed by atoms with Gasteiger partial charge in [-0.25, -0.2) is 0 Å². The van der Waals surface area contributed by atoms with Gasteiger partial charge in [0.1, 0.15) is 0 Å². The Kier molecular flexibility index (Phi) is 3.15. The summed E-state index contributed by atoms with van der Waals surface area (Å²) in [5.41, 5.74) is 0.848. The largest absolute Gasteiger partial charge is 0.338 e. The highest BCUT2D eigenvalue weighted by molar-refractivity contribution is 6.07. The van der Waals surface area contributed by atoms with Gasteiger partial charge in [0.05, 0.1) is 0 Å². The average Bonchev–Trinajstić information content (AvgIpc) is 2.53. The van der Waals surface area contributed by atoms with Crippen molar-refractivity contribution in [3.05, 3.63) is 48.0 Å². The van der Waals surface area contributed by atoms with Gasteiger partial charge >= 0.3 is 0 Å². The van der Waals surface area contributed by atoms with Crippen LogP contribution in [0.3, 0.4) is 0 Å². The molecule has 1 N–H and O–H groups in total. The predicted molar refractivity (Wildman–Crippen MR) is 84.3 cm³/mol. The Morgan fingerprint density at radius 1 is 1.00 bits per heavy atom. The van der Waals surface area contributed by atoms with E-state index in [1.807, 2.05) is 24.3 Å². The molecule has 2 atom stereocenters. The number of fused-ring (bicyclic) bond motifs is 3. The first-order chi connectivity index (χ1) is 10.3. The van der Waals surface area contributed by atoms with E-state index in [9.17, 15) is 4.79 Å². The van der Waals surface area contributed by atoms with E-state index < -0.39 is 0 Å². The molecule has 2 saturated heterocycles. The lowest BCUT2D eigenvalue weighted by molar-refractivity contribution is 0.0539. The molecule has 2 heterocycles. The maximum absolute atomic E-state index is 13.0. The van der Waals surface area contributed by atoms with Crippen molar-refractivity contribution in [2.24, 2.45) is 11.8 Å². The smallest absolute Gasteiger partial charge is 0.254 e. The Balaban J connectivity index is 1.67. The van der Waals surface area contributed by atoms with Crippen LogP contribution in [0.1, 0.15) is 16.8 Å². The molecule has 4 rings (SSSR count). The Morgan fingerprint density at radius 2 is 1.71 bits per heavy atom. The number of carbonyl (C=O) groups is 1. The van der Waals surface area contributed by atoms with E-state index >= 15 is 0 Å². The standard InChI is InChI=1S/C18H20N2O/c21-18(20-11-13-8-14(12-20)10-19-9-13)17-7-3-5-15-4-1-2-6-16(15)17/h1-7,13-14,19H,8-12H2/t13-,14+. The normalized spacial score (nSPS) is 25.0. The van der Waals surface area contributed by atoms with Crippen molar-refractivity contribution in [1.29, 1.82) is 0 Å². The monoisotopic (exact) mass is 280 g/mol. The lowest BCUT2D eigenvalue weighted by atomic mass is 9.85. The highest BCUT2D eigenvalue weighted by Crippen LogP contribution is 2.27. The van der Waals surface area contributed by atoms with Crippen molar-refractivity contribution in [3.63, 3.8) is 0 Å². The summed E-state index contributed by atoms with van der Waals surface area (Å²) in [6.07, 6.45) is 1.27. The van der Waals surface area contributed by atoms with Crippen LogP contribution < -0.4 is 5.32 Å². The zero-order chi connectivity index (χ0) is 14.2. The molecule has 2 aliphatic rings. The van der Waals surface area contributed by atoms with Gasteiger partial charge in [0.25, 0.3) is 5.91 Å². The fourth-order valence-electron chi connectivity index (χ4n) is 3.85. The van der Waals surface area contributed by atoms with Crippen LogP contribution in [0.25, 0.3) is 10.8 Å². The van der Waals surface area contributed by atoms with E-state index in [4.69, 9.17) is 0 Å². The topological polar surface area (TPSA) is 32.3 Å². The first-order valence-electron chi connectivity index (χ1n) is 7.79. The number of hydrogen-bond donors (Lipinski definition) is 1. The third-order valence-corrected chi connectivity index (χ3v) is 4.80. The second-order valence-corrected chi connectivity index (χ2v) is 6.36. The van der Waals surface area contributed by atoms with Crippen molar-refractivity contribution >= 4 is 16.7 Å². The van der Waals surface area contributed by atoms with E-state index in [0.29, 0.717) is 11.8 Å². The quantitative estimate of drug-likeness (QED) is 0.870. The van der Waals surface area contributed by atoms with E-state index in [0.717, 1.165) is 42.5 Å². The van der Waals surface area contributed by atoms with E-state index in [1.54, 1.807) is 0 Å². The number of nitrogens with zero attached hydrogens (tertiary/aromatic N) is 1. The van der Waals surface area contributed by atoms with Crippen LogP contribution >= 0.6 is 0 Å². The van der Waals surface area contributed by atoms with Crippen molar-refractivity contribution in [3.8, 4) is 0 Å². The number of piperidine rings is 2. The summed E-state index contributed by atoms with van der Waals surface area (Å²) >= 11 is 0. The molecule has 2 aromatic rings. The van der Waals surface area contributed by atoms with Gasteiger partial charge in [-0.05, 0) is 48.2 Å². The van der Waals surface area contributed by atoms with Gasteiger partial charge in [0.15, 0.2) is 0 Å². The van der Waals surface area contributed by atoms with Crippen LogP contribution in [-0.4, -0.2) is 37.0 Å². The molecule has 108 valence electrons. The molecule has 2 fully saturated rings. The van der Waals surface area contributed by atoms with Crippen LogP contribution in [0.15, 0.2) is 42.5 Å². The number of carbonyl (C=O) groups excluding carboxylic acids is 1. The second-order valence-electron chi connectivity index (χ2n) is 6.36. The van der Waals surface area contributed by atoms with Crippen LogP contribution in [0.4, 0.5) is 0 Å². The fraction of sp³-hybridized carbons (Fsp3) is 0.389. The molecular formula is C18H20N2O. The molecule has 3 nitrogen and oxygen atoms in total. The van der Waals surface area contributed by atoms with Crippen molar-refractivity contribution in [1.82, 2.24) is 10.2 Å². The molecule has 0 saturated carbocycles.